The van der Waals surface area contributed by atoms with Gasteiger partial charge in [0.05, 0.1) is 22.2 Å². The normalized spacial score (nSPS) is 11.7. The minimum Gasteiger partial charge on any atom is -0.744 e. The number of carbonyl (C=O) groups excluding carboxylic acids is 1. The fourth-order valence-electron chi connectivity index (χ4n) is 2.32. The van der Waals surface area contributed by atoms with Gasteiger partial charge >= 0.3 is 0 Å². The van der Waals surface area contributed by atoms with Crippen molar-refractivity contribution in [2.45, 2.75) is 4.90 Å². The maximum absolute atomic E-state index is 12.6. The lowest BCUT2D eigenvalue weighted by Gasteiger charge is -2.08. The number of nitrogens with zero attached hydrogens (tertiary/aromatic N) is 3. The number of rotatable bonds is 7. The van der Waals surface area contributed by atoms with Gasteiger partial charge in [0, 0.05) is 0 Å². The number of hydrogen-bond donors (Lipinski definition) is 1. The molecule has 0 radical (unpaired) electrons. The summed E-state index contributed by atoms with van der Waals surface area (Å²) in [6.07, 6.45) is 0. The van der Waals surface area contributed by atoms with Crippen LogP contribution in [-0.4, -0.2) is 28.7 Å². The van der Waals surface area contributed by atoms with Gasteiger partial charge in [0.25, 0.3) is 5.56 Å². The zero-order chi connectivity index (χ0) is 21.9. The SMILES string of the molecule is O=C([O-])c1[nH]n(-c2ccc(S(=O)(=O)[O-])cc2)c(=O)c1N=Nc1ccc(OO[O-])cc1. The van der Waals surface area contributed by atoms with Crippen LogP contribution in [0.3, 0.4) is 0 Å². The molecule has 0 aliphatic carbocycles. The van der Waals surface area contributed by atoms with Crippen LogP contribution in [0.2, 0.25) is 0 Å². The lowest BCUT2D eigenvalue weighted by Crippen LogP contribution is -2.23. The standard InChI is InChI=1S/C16H12N4O9S/c21-15-13(18-17-9-1-5-11(6-2-9)28-29-24)14(16(22)23)19-20(15)10-3-7-12(8-4-10)30(25,26)27/h1-8,19,24H,(H,22,23)(H,25,26,27)/p-3. The zero-order valence-electron chi connectivity index (χ0n) is 14.5. The molecule has 0 atom stereocenters. The van der Waals surface area contributed by atoms with E-state index < -0.39 is 37.9 Å². The Labute approximate surface area is 167 Å². The summed E-state index contributed by atoms with van der Waals surface area (Å²) >= 11 is 0. The monoisotopic (exact) mass is 433 g/mol. The Morgan fingerprint density at radius 3 is 2.20 bits per heavy atom. The Morgan fingerprint density at radius 1 is 1.03 bits per heavy atom. The van der Waals surface area contributed by atoms with Crippen molar-refractivity contribution in [1.29, 1.82) is 0 Å². The highest BCUT2D eigenvalue weighted by Gasteiger charge is 2.16. The van der Waals surface area contributed by atoms with E-state index in [1.807, 2.05) is 0 Å². The van der Waals surface area contributed by atoms with Crippen molar-refractivity contribution >= 4 is 27.5 Å². The summed E-state index contributed by atoms with van der Waals surface area (Å²) in [5, 5.41) is 34.2. The van der Waals surface area contributed by atoms with E-state index in [-0.39, 0.29) is 17.1 Å². The highest BCUT2D eigenvalue weighted by molar-refractivity contribution is 7.85. The average molecular weight is 433 g/mol. The first-order valence-electron chi connectivity index (χ1n) is 7.81. The second kappa shape index (κ2) is 8.26. The molecule has 1 N–H and O–H groups in total. The van der Waals surface area contributed by atoms with Gasteiger partial charge in [0.2, 0.25) is 0 Å². The number of benzene rings is 2. The second-order valence-electron chi connectivity index (χ2n) is 5.56. The minimum atomic E-state index is -4.69. The molecule has 0 aliphatic rings. The summed E-state index contributed by atoms with van der Waals surface area (Å²) in [4.78, 5) is 27.6. The van der Waals surface area contributed by atoms with Gasteiger partial charge in [-0.1, -0.05) is 0 Å². The lowest BCUT2D eigenvalue weighted by molar-refractivity contribution is -0.778. The number of carboxylic acid groups (broad SMARTS) is 1. The van der Waals surface area contributed by atoms with Crippen molar-refractivity contribution < 1.29 is 38.1 Å². The molecule has 1 aromatic heterocycles. The molecule has 0 bridgehead atoms. The van der Waals surface area contributed by atoms with E-state index in [4.69, 9.17) is 0 Å². The molecule has 3 aromatic rings. The Hall–Kier alpha value is -3.85. The molecule has 3 rings (SSSR count). The predicted molar refractivity (Wildman–Crippen MR) is 91.0 cm³/mol. The van der Waals surface area contributed by atoms with E-state index in [9.17, 15) is 32.9 Å². The summed E-state index contributed by atoms with van der Waals surface area (Å²) in [7, 11) is -4.69. The summed E-state index contributed by atoms with van der Waals surface area (Å²) in [6, 6.07) is 9.49. The van der Waals surface area contributed by atoms with Crippen LogP contribution in [0.1, 0.15) is 10.5 Å². The van der Waals surface area contributed by atoms with Gasteiger partial charge in [0.15, 0.2) is 11.4 Å². The van der Waals surface area contributed by atoms with Gasteiger partial charge in [-0.3, -0.25) is 9.89 Å². The first kappa shape index (κ1) is 20.9. The summed E-state index contributed by atoms with van der Waals surface area (Å²) in [6.45, 7) is 0. The number of H-pyrrole nitrogens is 1. The Bertz CT molecular complexity index is 1260. The van der Waals surface area contributed by atoms with Crippen molar-refractivity contribution in [3.8, 4) is 11.4 Å². The highest BCUT2D eigenvalue weighted by atomic mass is 32.2. The van der Waals surface area contributed by atoms with Gasteiger partial charge in [0.1, 0.15) is 15.8 Å². The fraction of sp³-hybridized carbons (Fsp3) is 0. The van der Waals surface area contributed by atoms with E-state index in [0.717, 1.165) is 28.9 Å². The van der Waals surface area contributed by atoms with Gasteiger partial charge in [-0.25, -0.2) is 18.1 Å². The molecular weight excluding hydrogens is 424 g/mol. The van der Waals surface area contributed by atoms with Crippen molar-refractivity contribution in [3.63, 3.8) is 0 Å². The molecule has 1 heterocycles. The van der Waals surface area contributed by atoms with E-state index in [1.54, 1.807) is 0 Å². The summed E-state index contributed by atoms with van der Waals surface area (Å²) < 4.78 is 33.8. The minimum absolute atomic E-state index is 0.0375. The van der Waals surface area contributed by atoms with Crippen LogP contribution in [0.4, 0.5) is 11.4 Å². The zero-order valence-corrected chi connectivity index (χ0v) is 15.4. The predicted octanol–water partition coefficient (Wildman–Crippen LogP) is -0.566. The molecule has 0 fully saturated rings. The van der Waals surface area contributed by atoms with Crippen molar-refractivity contribution in [3.05, 3.63) is 64.6 Å². The summed E-state index contributed by atoms with van der Waals surface area (Å²) in [5.41, 5.74) is -1.96. The molecule has 0 saturated carbocycles. The number of aromatic nitrogens is 2. The number of aromatic amines is 1. The van der Waals surface area contributed by atoms with Gasteiger partial charge in [-0.05, 0) is 48.5 Å². The van der Waals surface area contributed by atoms with Crippen molar-refractivity contribution in [2.24, 2.45) is 10.2 Å². The lowest BCUT2D eigenvalue weighted by atomic mass is 10.3. The molecule has 0 saturated heterocycles. The van der Waals surface area contributed by atoms with Crippen LogP contribution in [0.15, 0.2) is 68.4 Å². The maximum Gasteiger partial charge on any atom is 0.299 e. The Balaban J connectivity index is 1.98. The topological polar surface area (TPSA) is 201 Å². The smallest absolute Gasteiger partial charge is 0.299 e. The maximum atomic E-state index is 12.6. The van der Waals surface area contributed by atoms with Crippen LogP contribution in [-0.2, 0) is 15.2 Å². The van der Waals surface area contributed by atoms with E-state index >= 15 is 0 Å². The first-order chi connectivity index (χ1) is 14.2. The Morgan fingerprint density at radius 2 is 1.67 bits per heavy atom. The van der Waals surface area contributed by atoms with Gasteiger partial charge < -0.3 is 24.6 Å². The van der Waals surface area contributed by atoms with Crippen LogP contribution in [0, 0.1) is 0 Å². The average Bonchev–Trinajstić information content (AvgIpc) is 3.04. The molecule has 2 aromatic carbocycles. The highest BCUT2D eigenvalue weighted by Crippen LogP contribution is 2.22. The molecular formula is C16H9N4O9S-3. The Kier molecular flexibility index (Phi) is 5.74. The van der Waals surface area contributed by atoms with Crippen molar-refractivity contribution in [1.82, 2.24) is 9.78 Å². The van der Waals surface area contributed by atoms with Gasteiger partial charge in [-0.15, -0.1) is 5.11 Å². The molecule has 30 heavy (non-hydrogen) atoms. The first-order valence-corrected chi connectivity index (χ1v) is 9.22. The third-order valence-corrected chi connectivity index (χ3v) is 4.54. The molecule has 0 aliphatic heterocycles. The fourth-order valence-corrected chi connectivity index (χ4v) is 2.79. The largest absolute Gasteiger partial charge is 0.744 e. The molecule has 156 valence electrons. The van der Waals surface area contributed by atoms with E-state index in [2.05, 4.69) is 25.3 Å². The molecule has 0 spiro atoms. The quantitative estimate of drug-likeness (QED) is 0.219. The van der Waals surface area contributed by atoms with Crippen molar-refractivity contribution in [2.75, 3.05) is 0 Å². The number of carbonyl (C=O) groups is 1. The number of hydrogen-bond acceptors (Lipinski definition) is 11. The summed E-state index contributed by atoms with van der Waals surface area (Å²) in [5.74, 6) is -1.66. The molecule has 14 heteroatoms. The molecule has 0 amide bonds. The number of aromatic carboxylic acids is 1. The van der Waals surface area contributed by atoms with Crippen LogP contribution < -0.4 is 20.8 Å². The second-order valence-corrected chi connectivity index (χ2v) is 6.94. The van der Waals surface area contributed by atoms with E-state index in [0.29, 0.717) is 0 Å². The van der Waals surface area contributed by atoms with Crippen LogP contribution in [0.25, 0.3) is 5.69 Å². The number of azo groups is 1. The molecule has 0 unspecified atom stereocenters. The number of nitrogens with one attached hydrogen (secondary N) is 1. The number of carboxylic acids is 1. The van der Waals surface area contributed by atoms with Crippen LogP contribution >= 0.6 is 0 Å². The third-order valence-electron chi connectivity index (χ3n) is 3.69. The third kappa shape index (κ3) is 4.41. The molecule has 13 nitrogen and oxygen atoms in total. The van der Waals surface area contributed by atoms with Crippen LogP contribution in [0.5, 0.6) is 5.75 Å². The van der Waals surface area contributed by atoms with E-state index in [1.165, 1.54) is 24.3 Å². The van der Waals surface area contributed by atoms with Gasteiger partial charge in [-0.2, -0.15) is 5.11 Å².